The molecule has 0 saturated carbocycles. The lowest BCUT2D eigenvalue weighted by Gasteiger charge is -2.45. The quantitative estimate of drug-likeness (QED) is 0.560. The van der Waals surface area contributed by atoms with Gasteiger partial charge in [0.15, 0.2) is 0 Å². The molecule has 0 saturated heterocycles. The van der Waals surface area contributed by atoms with Crippen LogP contribution in [0.15, 0.2) is 6.07 Å². The number of nitrogens with zero attached hydrogens (tertiary/aromatic N) is 3. The van der Waals surface area contributed by atoms with Crippen molar-refractivity contribution >= 4 is 0 Å². The second-order valence-corrected chi connectivity index (χ2v) is 5.73. The Kier molecular flexibility index (Phi) is 6.17. The normalized spacial score (nSPS) is 14.0. The van der Waals surface area contributed by atoms with Gasteiger partial charge in [0.2, 0.25) is 0 Å². The van der Waals surface area contributed by atoms with Crippen molar-refractivity contribution in [2.45, 2.75) is 58.0 Å². The third-order valence-electron chi connectivity index (χ3n) is 4.77. The van der Waals surface area contributed by atoms with Crippen LogP contribution in [-0.4, -0.2) is 40.4 Å². The molecule has 116 valence electrons. The fourth-order valence-corrected chi connectivity index (χ4v) is 3.24. The molecule has 0 spiro atoms. The molecular formula is C15H31N5. The molecule has 5 heteroatoms. The number of aromatic nitrogens is 2. The fraction of sp³-hybridized carbons (Fsp3) is 0.800. The van der Waals surface area contributed by atoms with Crippen LogP contribution in [-0.2, 0) is 19.9 Å². The molecule has 1 unspecified atom stereocenters. The summed E-state index contributed by atoms with van der Waals surface area (Å²) in [6.45, 7) is 6.59. The Morgan fingerprint density at radius 3 is 2.30 bits per heavy atom. The van der Waals surface area contributed by atoms with E-state index in [4.69, 9.17) is 5.84 Å². The van der Waals surface area contributed by atoms with Crippen LogP contribution in [0.3, 0.4) is 0 Å². The molecular weight excluding hydrogens is 250 g/mol. The van der Waals surface area contributed by atoms with Crippen molar-refractivity contribution in [1.29, 1.82) is 0 Å². The maximum atomic E-state index is 5.88. The van der Waals surface area contributed by atoms with E-state index in [-0.39, 0.29) is 11.6 Å². The minimum Gasteiger partial charge on any atom is -0.302 e. The van der Waals surface area contributed by atoms with Crippen molar-refractivity contribution in [3.63, 3.8) is 0 Å². The largest absolute Gasteiger partial charge is 0.302 e. The Balaban J connectivity index is 3.02. The van der Waals surface area contributed by atoms with E-state index >= 15 is 0 Å². The topological polar surface area (TPSA) is 59.1 Å². The van der Waals surface area contributed by atoms with Gasteiger partial charge >= 0.3 is 0 Å². The number of hydrazine groups is 1. The minimum absolute atomic E-state index is 0.0609. The molecule has 0 aliphatic heterocycles. The molecule has 0 amide bonds. The summed E-state index contributed by atoms with van der Waals surface area (Å²) in [5.74, 6) is 5.88. The summed E-state index contributed by atoms with van der Waals surface area (Å²) in [5.41, 5.74) is 5.48. The van der Waals surface area contributed by atoms with Gasteiger partial charge in [-0.15, -0.1) is 0 Å². The van der Waals surface area contributed by atoms with E-state index in [2.05, 4.69) is 56.4 Å². The van der Waals surface area contributed by atoms with Crippen LogP contribution in [0.1, 0.15) is 45.0 Å². The maximum Gasteiger partial charge on any atom is 0.0624 e. The van der Waals surface area contributed by atoms with Gasteiger partial charge in [0, 0.05) is 30.7 Å². The molecule has 5 nitrogen and oxygen atoms in total. The van der Waals surface area contributed by atoms with Crippen LogP contribution in [0.2, 0.25) is 0 Å². The summed E-state index contributed by atoms with van der Waals surface area (Å²) < 4.78 is 1.98. The highest BCUT2D eigenvalue weighted by Crippen LogP contribution is 2.27. The minimum atomic E-state index is 0.0609. The Hall–Kier alpha value is -0.910. The monoisotopic (exact) mass is 281 g/mol. The molecule has 3 N–H and O–H groups in total. The van der Waals surface area contributed by atoms with Gasteiger partial charge in [-0.2, -0.15) is 5.10 Å². The smallest absolute Gasteiger partial charge is 0.0624 e. The van der Waals surface area contributed by atoms with Gasteiger partial charge in [0.05, 0.1) is 5.69 Å². The molecule has 0 fully saturated rings. The Morgan fingerprint density at radius 2 is 1.95 bits per heavy atom. The average molecular weight is 281 g/mol. The predicted octanol–water partition coefficient (Wildman–Crippen LogP) is 1.48. The Labute approximate surface area is 123 Å². The van der Waals surface area contributed by atoms with Gasteiger partial charge in [-0.05, 0) is 39.4 Å². The number of aryl methyl sites for hydroxylation is 2. The van der Waals surface area contributed by atoms with Crippen LogP contribution in [0.5, 0.6) is 0 Å². The summed E-state index contributed by atoms with van der Waals surface area (Å²) in [6, 6.07) is 2.39. The van der Waals surface area contributed by atoms with Crippen LogP contribution in [0.25, 0.3) is 0 Å². The first-order valence-electron chi connectivity index (χ1n) is 7.60. The number of likely N-dealkylation sites (N-methyl/N-ethyl adjacent to an activating group) is 1. The van der Waals surface area contributed by atoms with Gasteiger partial charge in [-0.25, -0.2) is 0 Å². The number of hydrogen-bond donors (Lipinski definition) is 2. The van der Waals surface area contributed by atoms with E-state index in [1.54, 1.807) is 0 Å². The zero-order valence-corrected chi connectivity index (χ0v) is 13.9. The van der Waals surface area contributed by atoms with Crippen molar-refractivity contribution in [1.82, 2.24) is 20.1 Å². The molecule has 1 aromatic heterocycles. The molecule has 0 bridgehead atoms. The summed E-state index contributed by atoms with van der Waals surface area (Å²) >= 11 is 0. The van der Waals surface area contributed by atoms with E-state index in [9.17, 15) is 0 Å². The zero-order valence-electron chi connectivity index (χ0n) is 13.9. The van der Waals surface area contributed by atoms with Crippen molar-refractivity contribution in [2.75, 3.05) is 14.1 Å². The fourth-order valence-electron chi connectivity index (χ4n) is 3.24. The zero-order chi connectivity index (χ0) is 15.3. The first-order chi connectivity index (χ1) is 9.44. The molecule has 0 radical (unpaired) electrons. The van der Waals surface area contributed by atoms with E-state index in [0.29, 0.717) is 0 Å². The van der Waals surface area contributed by atoms with Crippen molar-refractivity contribution in [3.05, 3.63) is 17.5 Å². The Morgan fingerprint density at radius 1 is 1.35 bits per heavy atom. The van der Waals surface area contributed by atoms with Gasteiger partial charge in [-0.1, -0.05) is 20.8 Å². The predicted molar refractivity (Wildman–Crippen MR) is 84.4 cm³/mol. The van der Waals surface area contributed by atoms with Crippen LogP contribution in [0.4, 0.5) is 0 Å². The molecule has 0 aliphatic carbocycles. The number of hydrogen-bond acceptors (Lipinski definition) is 4. The molecule has 1 aromatic rings. The van der Waals surface area contributed by atoms with Crippen molar-refractivity contribution in [2.24, 2.45) is 12.9 Å². The highest BCUT2D eigenvalue weighted by molar-refractivity contribution is 5.14. The summed E-state index contributed by atoms with van der Waals surface area (Å²) in [7, 11) is 6.29. The van der Waals surface area contributed by atoms with E-state index in [1.807, 2.05) is 11.7 Å². The lowest BCUT2D eigenvalue weighted by atomic mass is 9.81. The van der Waals surface area contributed by atoms with Crippen LogP contribution < -0.4 is 11.3 Å². The number of nitrogens with two attached hydrogens (primary N) is 1. The lowest BCUT2D eigenvalue weighted by Crippen LogP contribution is -2.61. The molecule has 1 heterocycles. The molecule has 20 heavy (non-hydrogen) atoms. The van der Waals surface area contributed by atoms with E-state index < -0.39 is 0 Å². The Bertz CT molecular complexity index is 406. The van der Waals surface area contributed by atoms with Gasteiger partial charge in [-0.3, -0.25) is 16.0 Å². The molecule has 0 aliphatic rings. The second kappa shape index (κ2) is 7.20. The van der Waals surface area contributed by atoms with Gasteiger partial charge in [0.25, 0.3) is 0 Å². The van der Waals surface area contributed by atoms with Gasteiger partial charge in [0.1, 0.15) is 0 Å². The van der Waals surface area contributed by atoms with Gasteiger partial charge < -0.3 is 4.90 Å². The molecule has 1 rings (SSSR count). The highest BCUT2D eigenvalue weighted by Gasteiger charge is 2.37. The third kappa shape index (κ3) is 3.22. The van der Waals surface area contributed by atoms with Crippen molar-refractivity contribution < 1.29 is 0 Å². The van der Waals surface area contributed by atoms with E-state index in [1.165, 1.54) is 5.69 Å². The van der Waals surface area contributed by atoms with E-state index in [0.717, 1.165) is 31.4 Å². The first kappa shape index (κ1) is 17.1. The highest BCUT2D eigenvalue weighted by atomic mass is 15.3. The summed E-state index contributed by atoms with van der Waals surface area (Å²) in [5, 5.41) is 4.53. The average Bonchev–Trinajstić information content (AvgIpc) is 2.79. The van der Waals surface area contributed by atoms with Crippen molar-refractivity contribution in [3.8, 4) is 0 Å². The standard InChI is InChI=1S/C15H31N5/c1-7-12-10-13(20(6)18-12)11-14(17-16)15(8-2,9-3)19(4)5/h10,14,17H,7-9,11,16H2,1-6H3. The summed E-state index contributed by atoms with van der Waals surface area (Å²) in [4.78, 5) is 2.30. The van der Waals surface area contributed by atoms with Crippen LogP contribution in [0, 0.1) is 0 Å². The number of nitrogens with one attached hydrogen (secondary N) is 1. The molecule has 1 atom stereocenters. The second-order valence-electron chi connectivity index (χ2n) is 5.73. The first-order valence-corrected chi connectivity index (χ1v) is 7.60. The lowest BCUT2D eigenvalue weighted by molar-refractivity contribution is 0.0874. The molecule has 0 aromatic carbocycles. The summed E-state index contributed by atoms with van der Waals surface area (Å²) in [6.07, 6.45) is 3.97. The number of rotatable bonds is 8. The maximum absolute atomic E-state index is 5.88. The third-order valence-corrected chi connectivity index (χ3v) is 4.77. The van der Waals surface area contributed by atoms with Crippen LogP contribution >= 0.6 is 0 Å². The SMILES string of the molecule is CCc1cc(CC(NN)C(CC)(CC)N(C)C)n(C)n1.